The van der Waals surface area contributed by atoms with Crippen LogP contribution in [0.1, 0.15) is 17.7 Å². The first kappa shape index (κ1) is 11.3. The second-order valence-electron chi connectivity index (χ2n) is 2.45. The minimum Gasteiger partial charge on any atom is -0.481 e. The molecule has 6 heteroatoms. The molecule has 1 aromatic heterocycles. The van der Waals surface area contributed by atoms with E-state index in [1.54, 1.807) is 0 Å². The van der Waals surface area contributed by atoms with Gasteiger partial charge in [0.25, 0.3) is 6.43 Å². The van der Waals surface area contributed by atoms with Crippen LogP contribution in [0, 0.1) is 5.82 Å². The normalized spacial score (nSPS) is 10.7. The van der Waals surface area contributed by atoms with Gasteiger partial charge in [-0.15, -0.1) is 0 Å². The number of halogens is 4. The monoisotopic (exact) mass is 269 g/mol. The van der Waals surface area contributed by atoms with Gasteiger partial charge in [0, 0.05) is 5.33 Å². The zero-order chi connectivity index (χ0) is 10.7. The topological polar surface area (TPSA) is 22.1 Å². The summed E-state index contributed by atoms with van der Waals surface area (Å²) in [7, 11) is 1.17. The van der Waals surface area contributed by atoms with Crippen LogP contribution in [-0.4, -0.2) is 12.1 Å². The Kier molecular flexibility index (Phi) is 3.74. The van der Waals surface area contributed by atoms with Crippen molar-refractivity contribution >= 4 is 15.9 Å². The first-order chi connectivity index (χ1) is 6.60. The van der Waals surface area contributed by atoms with Crippen LogP contribution in [0.4, 0.5) is 13.2 Å². The van der Waals surface area contributed by atoms with Crippen LogP contribution >= 0.6 is 15.9 Å². The average molecular weight is 270 g/mol. The van der Waals surface area contributed by atoms with E-state index in [2.05, 4.69) is 25.7 Å². The Bertz CT molecular complexity index is 333. The van der Waals surface area contributed by atoms with Gasteiger partial charge in [-0.05, 0) is 6.07 Å². The van der Waals surface area contributed by atoms with Crippen LogP contribution in [0.5, 0.6) is 5.88 Å². The van der Waals surface area contributed by atoms with Gasteiger partial charge in [-0.1, -0.05) is 15.9 Å². The van der Waals surface area contributed by atoms with Crippen LogP contribution in [0.25, 0.3) is 0 Å². The standard InChI is InChI=1S/C8H7BrF3NO/c1-14-8-6(7(11)12)5(10)2-4(3-9)13-8/h2,7H,3H2,1H3. The highest BCUT2D eigenvalue weighted by Crippen LogP contribution is 2.30. The van der Waals surface area contributed by atoms with Crippen molar-refractivity contribution in [3.05, 3.63) is 23.1 Å². The average Bonchev–Trinajstić information content (AvgIpc) is 2.15. The Morgan fingerprint density at radius 1 is 1.57 bits per heavy atom. The van der Waals surface area contributed by atoms with E-state index in [4.69, 9.17) is 0 Å². The highest BCUT2D eigenvalue weighted by Gasteiger charge is 2.21. The number of methoxy groups -OCH3 is 1. The van der Waals surface area contributed by atoms with Gasteiger partial charge in [0.2, 0.25) is 5.88 Å². The molecular weight excluding hydrogens is 263 g/mol. The molecular formula is C8H7BrF3NO. The lowest BCUT2D eigenvalue weighted by molar-refractivity contribution is 0.140. The molecule has 0 unspecified atom stereocenters. The summed E-state index contributed by atoms with van der Waals surface area (Å²) in [6.07, 6.45) is -2.93. The predicted molar refractivity (Wildman–Crippen MR) is 48.3 cm³/mol. The molecule has 78 valence electrons. The summed E-state index contributed by atoms with van der Waals surface area (Å²) in [5, 5.41) is 0.282. The van der Waals surface area contributed by atoms with Crippen molar-refractivity contribution in [1.82, 2.24) is 4.98 Å². The van der Waals surface area contributed by atoms with Crippen LogP contribution < -0.4 is 4.74 Å². The lowest BCUT2D eigenvalue weighted by atomic mass is 10.2. The highest BCUT2D eigenvalue weighted by molar-refractivity contribution is 9.08. The maximum atomic E-state index is 13.1. The van der Waals surface area contributed by atoms with Gasteiger partial charge in [0.15, 0.2) is 0 Å². The van der Waals surface area contributed by atoms with Crippen molar-refractivity contribution in [3.63, 3.8) is 0 Å². The number of nitrogens with zero attached hydrogens (tertiary/aromatic N) is 1. The Hall–Kier alpha value is -0.780. The number of rotatable bonds is 3. The maximum absolute atomic E-state index is 13.1. The van der Waals surface area contributed by atoms with Gasteiger partial charge in [0.1, 0.15) is 11.4 Å². The maximum Gasteiger partial charge on any atom is 0.271 e. The van der Waals surface area contributed by atoms with E-state index in [0.717, 1.165) is 6.07 Å². The smallest absolute Gasteiger partial charge is 0.271 e. The summed E-state index contributed by atoms with van der Waals surface area (Å²) in [5.41, 5.74) is -0.485. The number of aromatic nitrogens is 1. The van der Waals surface area contributed by atoms with Crippen molar-refractivity contribution in [2.24, 2.45) is 0 Å². The third-order valence-electron chi connectivity index (χ3n) is 1.57. The molecule has 0 atom stereocenters. The molecule has 0 radical (unpaired) electrons. The Morgan fingerprint density at radius 3 is 2.64 bits per heavy atom. The summed E-state index contributed by atoms with van der Waals surface area (Å²) in [4.78, 5) is 3.70. The van der Waals surface area contributed by atoms with Crippen molar-refractivity contribution in [2.75, 3.05) is 7.11 Å². The molecule has 1 heterocycles. The van der Waals surface area contributed by atoms with Gasteiger partial charge in [0.05, 0.1) is 12.8 Å². The number of hydrogen-bond acceptors (Lipinski definition) is 2. The molecule has 0 spiro atoms. The van der Waals surface area contributed by atoms with Crippen molar-refractivity contribution < 1.29 is 17.9 Å². The van der Waals surface area contributed by atoms with E-state index in [0.29, 0.717) is 5.69 Å². The predicted octanol–water partition coefficient (Wildman–Crippen LogP) is 3.06. The van der Waals surface area contributed by atoms with Crippen LogP contribution in [0.2, 0.25) is 0 Å². The lowest BCUT2D eigenvalue weighted by Crippen LogP contribution is -2.02. The fourth-order valence-corrected chi connectivity index (χ4v) is 1.26. The van der Waals surface area contributed by atoms with E-state index in [1.807, 2.05) is 0 Å². The van der Waals surface area contributed by atoms with Crippen molar-refractivity contribution in [3.8, 4) is 5.88 Å². The molecule has 1 rings (SSSR count). The molecule has 2 nitrogen and oxygen atoms in total. The first-order valence-corrected chi connectivity index (χ1v) is 4.79. The second kappa shape index (κ2) is 4.63. The number of ether oxygens (including phenoxy) is 1. The van der Waals surface area contributed by atoms with Gasteiger partial charge >= 0.3 is 0 Å². The lowest BCUT2D eigenvalue weighted by Gasteiger charge is -2.08. The van der Waals surface area contributed by atoms with Gasteiger partial charge in [-0.25, -0.2) is 18.2 Å². The molecule has 0 saturated carbocycles. The van der Waals surface area contributed by atoms with E-state index >= 15 is 0 Å². The molecule has 0 amide bonds. The Morgan fingerprint density at radius 2 is 2.21 bits per heavy atom. The molecule has 1 aromatic rings. The molecule has 0 fully saturated rings. The van der Waals surface area contributed by atoms with E-state index < -0.39 is 17.8 Å². The molecule has 0 aliphatic heterocycles. The summed E-state index contributed by atoms with van der Waals surface area (Å²) in [6, 6.07) is 0.957. The molecule has 14 heavy (non-hydrogen) atoms. The minimum atomic E-state index is -2.93. The quantitative estimate of drug-likeness (QED) is 0.787. The molecule has 0 aliphatic carbocycles. The Labute approximate surface area is 87.2 Å². The van der Waals surface area contributed by atoms with Gasteiger partial charge < -0.3 is 4.74 Å². The van der Waals surface area contributed by atoms with E-state index in [-0.39, 0.29) is 11.2 Å². The highest BCUT2D eigenvalue weighted by atomic mass is 79.9. The van der Waals surface area contributed by atoms with Crippen LogP contribution in [0.15, 0.2) is 6.07 Å². The van der Waals surface area contributed by atoms with Gasteiger partial charge in [-0.2, -0.15) is 0 Å². The summed E-state index contributed by atoms with van der Waals surface area (Å²) >= 11 is 3.04. The molecule has 0 N–H and O–H groups in total. The fraction of sp³-hybridized carbons (Fsp3) is 0.375. The number of hydrogen-bond donors (Lipinski definition) is 0. The zero-order valence-electron chi connectivity index (χ0n) is 7.23. The largest absolute Gasteiger partial charge is 0.481 e. The van der Waals surface area contributed by atoms with Crippen molar-refractivity contribution in [1.29, 1.82) is 0 Å². The summed E-state index contributed by atoms with van der Waals surface area (Å²) < 4.78 is 42.4. The summed E-state index contributed by atoms with van der Waals surface area (Å²) in [6.45, 7) is 0. The molecule has 0 aliphatic rings. The van der Waals surface area contributed by atoms with Crippen LogP contribution in [0.3, 0.4) is 0 Å². The van der Waals surface area contributed by atoms with E-state index in [1.165, 1.54) is 7.11 Å². The SMILES string of the molecule is COc1nc(CBr)cc(F)c1C(F)F. The van der Waals surface area contributed by atoms with Crippen LogP contribution in [-0.2, 0) is 5.33 Å². The second-order valence-corrected chi connectivity index (χ2v) is 3.01. The fourth-order valence-electron chi connectivity index (χ4n) is 0.971. The minimum absolute atomic E-state index is 0.282. The third-order valence-corrected chi connectivity index (χ3v) is 2.15. The molecule has 0 saturated heterocycles. The summed E-state index contributed by atoms with van der Waals surface area (Å²) in [5.74, 6) is -1.37. The number of alkyl halides is 3. The number of pyridine rings is 1. The van der Waals surface area contributed by atoms with E-state index in [9.17, 15) is 13.2 Å². The van der Waals surface area contributed by atoms with Crippen molar-refractivity contribution in [2.45, 2.75) is 11.8 Å². The zero-order valence-corrected chi connectivity index (χ0v) is 8.82. The molecule has 0 aromatic carbocycles. The Balaban J connectivity index is 3.27. The first-order valence-electron chi connectivity index (χ1n) is 3.67. The third kappa shape index (κ3) is 2.17. The van der Waals surface area contributed by atoms with Gasteiger partial charge in [-0.3, -0.25) is 0 Å². The molecule has 0 bridgehead atoms.